The molecule has 0 aliphatic heterocycles. The standard InChI is InChI=1S/C19H26NO2P/c1-4-19(5-2,15-10-8-11-16(22-3)18(15)21)23-17-12-7-6-9-14(17)13-20/h6-12,21,23H,4-5,13,20H2,1-3H3. The zero-order valence-corrected chi connectivity index (χ0v) is 15.1. The van der Waals surface area contributed by atoms with Crippen LogP contribution in [0.15, 0.2) is 42.5 Å². The van der Waals surface area contributed by atoms with Gasteiger partial charge in [0.1, 0.15) is 0 Å². The van der Waals surface area contributed by atoms with Crippen molar-refractivity contribution >= 4 is 13.9 Å². The van der Waals surface area contributed by atoms with E-state index in [9.17, 15) is 5.11 Å². The predicted octanol–water partition coefficient (Wildman–Crippen LogP) is 3.88. The average molecular weight is 331 g/mol. The van der Waals surface area contributed by atoms with Crippen molar-refractivity contribution in [1.29, 1.82) is 0 Å². The Labute approximate surface area is 140 Å². The Morgan fingerprint density at radius 3 is 2.39 bits per heavy atom. The maximum Gasteiger partial charge on any atom is 0.161 e. The van der Waals surface area contributed by atoms with E-state index in [1.54, 1.807) is 13.2 Å². The van der Waals surface area contributed by atoms with E-state index in [4.69, 9.17) is 10.5 Å². The van der Waals surface area contributed by atoms with E-state index < -0.39 is 0 Å². The van der Waals surface area contributed by atoms with Gasteiger partial charge in [-0.15, -0.1) is 0 Å². The van der Waals surface area contributed by atoms with Crippen molar-refractivity contribution in [2.45, 2.75) is 38.4 Å². The Bertz CT molecular complexity index is 654. The monoisotopic (exact) mass is 331 g/mol. The Morgan fingerprint density at radius 1 is 1.09 bits per heavy atom. The van der Waals surface area contributed by atoms with Crippen LogP contribution in [0.3, 0.4) is 0 Å². The number of benzene rings is 2. The minimum absolute atomic E-state index is 0.107. The number of ether oxygens (including phenoxy) is 1. The van der Waals surface area contributed by atoms with E-state index in [0.717, 1.165) is 18.4 Å². The van der Waals surface area contributed by atoms with Gasteiger partial charge < -0.3 is 15.6 Å². The molecule has 3 N–H and O–H groups in total. The second kappa shape index (κ2) is 7.81. The molecule has 0 heterocycles. The molecule has 124 valence electrons. The van der Waals surface area contributed by atoms with Crippen molar-refractivity contribution in [2.24, 2.45) is 5.73 Å². The molecule has 2 aromatic rings. The Balaban J connectivity index is 2.52. The van der Waals surface area contributed by atoms with Crippen LogP contribution in [-0.2, 0) is 11.7 Å². The van der Waals surface area contributed by atoms with Gasteiger partial charge in [0.15, 0.2) is 11.5 Å². The van der Waals surface area contributed by atoms with Crippen molar-refractivity contribution in [1.82, 2.24) is 0 Å². The molecule has 0 bridgehead atoms. The van der Waals surface area contributed by atoms with Gasteiger partial charge in [-0.1, -0.05) is 58.8 Å². The molecule has 1 unspecified atom stereocenters. The molecule has 0 spiro atoms. The number of aromatic hydroxyl groups is 1. The molecule has 0 fully saturated rings. The first-order valence-electron chi connectivity index (χ1n) is 8.04. The molecule has 2 rings (SSSR count). The maximum atomic E-state index is 10.6. The Hall–Kier alpha value is -1.57. The molecule has 0 amide bonds. The highest BCUT2D eigenvalue weighted by molar-refractivity contribution is 7.48. The number of para-hydroxylation sites is 1. The second-order valence-electron chi connectivity index (χ2n) is 5.63. The van der Waals surface area contributed by atoms with E-state index >= 15 is 0 Å². The van der Waals surface area contributed by atoms with E-state index in [-0.39, 0.29) is 10.9 Å². The van der Waals surface area contributed by atoms with E-state index in [0.29, 0.717) is 20.9 Å². The van der Waals surface area contributed by atoms with Gasteiger partial charge in [-0.2, -0.15) is 0 Å². The van der Waals surface area contributed by atoms with Gasteiger partial charge in [-0.3, -0.25) is 0 Å². The Morgan fingerprint density at radius 2 is 1.78 bits per heavy atom. The highest BCUT2D eigenvalue weighted by atomic mass is 31.1. The first-order valence-corrected chi connectivity index (χ1v) is 9.04. The number of hydrogen-bond donors (Lipinski definition) is 2. The highest BCUT2D eigenvalue weighted by Gasteiger charge is 2.33. The van der Waals surface area contributed by atoms with Gasteiger partial charge in [0.2, 0.25) is 0 Å². The SMILES string of the molecule is CCC(CC)(Pc1ccccc1CN)c1cccc(OC)c1O. The summed E-state index contributed by atoms with van der Waals surface area (Å²) in [6.07, 6.45) is 1.89. The molecule has 23 heavy (non-hydrogen) atoms. The number of phenols is 1. The molecule has 4 heteroatoms. The van der Waals surface area contributed by atoms with Crippen LogP contribution in [0, 0.1) is 0 Å². The van der Waals surface area contributed by atoms with Crippen molar-refractivity contribution in [3.8, 4) is 11.5 Å². The summed E-state index contributed by atoms with van der Waals surface area (Å²) in [7, 11) is 2.14. The third-order valence-electron chi connectivity index (χ3n) is 4.55. The molecule has 0 radical (unpaired) electrons. The molecule has 1 atom stereocenters. The zero-order chi connectivity index (χ0) is 16.9. The van der Waals surface area contributed by atoms with Crippen LogP contribution in [0.1, 0.15) is 37.8 Å². The molecular formula is C19H26NO2P. The van der Waals surface area contributed by atoms with Crippen LogP contribution in [-0.4, -0.2) is 12.2 Å². The molecule has 3 nitrogen and oxygen atoms in total. The summed E-state index contributed by atoms with van der Waals surface area (Å²) < 4.78 is 5.30. The highest BCUT2D eigenvalue weighted by Crippen LogP contribution is 2.51. The van der Waals surface area contributed by atoms with Gasteiger partial charge in [-0.05, 0) is 29.8 Å². The first kappa shape index (κ1) is 17.8. The average Bonchev–Trinajstić information content (AvgIpc) is 2.60. The predicted molar refractivity (Wildman–Crippen MR) is 99.2 cm³/mol. The van der Waals surface area contributed by atoms with Crippen molar-refractivity contribution in [3.63, 3.8) is 0 Å². The van der Waals surface area contributed by atoms with Gasteiger partial charge in [0.25, 0.3) is 0 Å². The minimum Gasteiger partial charge on any atom is -0.504 e. The number of phenolic OH excluding ortho intramolecular Hbond substituents is 1. The maximum absolute atomic E-state index is 10.6. The topological polar surface area (TPSA) is 55.5 Å². The summed E-state index contributed by atoms with van der Waals surface area (Å²) in [4.78, 5) is 0. The van der Waals surface area contributed by atoms with Crippen LogP contribution in [0.25, 0.3) is 0 Å². The van der Waals surface area contributed by atoms with Crippen molar-refractivity contribution in [2.75, 3.05) is 7.11 Å². The smallest absolute Gasteiger partial charge is 0.161 e. The summed E-state index contributed by atoms with van der Waals surface area (Å²) in [5.74, 6) is 0.794. The summed E-state index contributed by atoms with van der Waals surface area (Å²) in [5.41, 5.74) is 8.05. The number of rotatable bonds is 7. The lowest BCUT2D eigenvalue weighted by Crippen LogP contribution is -2.23. The lowest BCUT2D eigenvalue weighted by molar-refractivity contribution is 0.365. The minimum atomic E-state index is -0.107. The summed E-state index contributed by atoms with van der Waals surface area (Å²) in [6, 6.07) is 14.1. The van der Waals surface area contributed by atoms with Crippen LogP contribution < -0.4 is 15.8 Å². The van der Waals surface area contributed by atoms with Gasteiger partial charge >= 0.3 is 0 Å². The van der Waals surface area contributed by atoms with Crippen LogP contribution >= 0.6 is 8.58 Å². The van der Waals surface area contributed by atoms with Gasteiger partial charge in [0, 0.05) is 17.3 Å². The van der Waals surface area contributed by atoms with E-state index in [2.05, 4.69) is 32.0 Å². The van der Waals surface area contributed by atoms with Crippen LogP contribution in [0.4, 0.5) is 0 Å². The fraction of sp³-hybridized carbons (Fsp3) is 0.368. The number of methoxy groups -OCH3 is 1. The second-order valence-corrected chi connectivity index (χ2v) is 7.38. The van der Waals surface area contributed by atoms with Crippen LogP contribution in [0.5, 0.6) is 11.5 Å². The van der Waals surface area contributed by atoms with Crippen molar-refractivity contribution < 1.29 is 9.84 Å². The fourth-order valence-electron chi connectivity index (χ4n) is 3.03. The molecule has 0 aliphatic rings. The Kier molecular flexibility index (Phi) is 6.04. The largest absolute Gasteiger partial charge is 0.504 e. The summed E-state index contributed by atoms with van der Waals surface area (Å²) >= 11 is 0. The molecule has 0 aliphatic carbocycles. The lowest BCUT2D eigenvalue weighted by atomic mass is 9.91. The van der Waals surface area contributed by atoms with Crippen molar-refractivity contribution in [3.05, 3.63) is 53.6 Å². The van der Waals surface area contributed by atoms with Gasteiger partial charge in [0.05, 0.1) is 7.11 Å². The van der Waals surface area contributed by atoms with Gasteiger partial charge in [-0.25, -0.2) is 0 Å². The lowest BCUT2D eigenvalue weighted by Gasteiger charge is -2.34. The third-order valence-corrected chi connectivity index (χ3v) is 6.76. The summed E-state index contributed by atoms with van der Waals surface area (Å²) in [6.45, 7) is 4.90. The normalized spacial score (nSPS) is 12.0. The fourth-order valence-corrected chi connectivity index (χ4v) is 4.76. The number of nitrogens with two attached hydrogens (primary N) is 1. The molecular weight excluding hydrogens is 305 g/mol. The molecule has 2 aromatic carbocycles. The summed E-state index contributed by atoms with van der Waals surface area (Å²) in [5, 5.41) is 11.8. The zero-order valence-electron chi connectivity index (χ0n) is 14.1. The first-order chi connectivity index (χ1) is 11.1. The molecule has 0 saturated heterocycles. The molecule has 0 saturated carbocycles. The quantitative estimate of drug-likeness (QED) is 0.757. The number of hydrogen-bond acceptors (Lipinski definition) is 3. The van der Waals surface area contributed by atoms with Crippen LogP contribution in [0.2, 0.25) is 0 Å². The van der Waals surface area contributed by atoms with E-state index in [1.807, 2.05) is 18.2 Å². The van der Waals surface area contributed by atoms with E-state index in [1.165, 1.54) is 10.9 Å². The molecule has 0 aromatic heterocycles. The third kappa shape index (κ3) is 3.52.